The molecular weight excluding hydrogens is 244 g/mol. The number of amides is 1. The summed E-state index contributed by atoms with van der Waals surface area (Å²) in [6, 6.07) is 8.24. The van der Waals surface area contributed by atoms with Crippen LogP contribution in [-0.2, 0) is 17.8 Å². The molecule has 0 radical (unpaired) electrons. The largest absolute Gasteiger partial charge is 0.392 e. The molecule has 3 nitrogen and oxygen atoms in total. The molecule has 96 valence electrons. The number of nitrogens with zero attached hydrogens (tertiary/aromatic N) is 1. The Morgan fingerprint density at radius 2 is 1.94 bits per heavy atom. The van der Waals surface area contributed by atoms with Crippen LogP contribution in [0, 0.1) is 5.41 Å². The van der Waals surface area contributed by atoms with Gasteiger partial charge in [-0.3, -0.25) is 4.79 Å². The van der Waals surface area contributed by atoms with Crippen molar-refractivity contribution in [1.82, 2.24) is 4.90 Å². The zero-order chi connectivity index (χ0) is 13.3. The van der Waals surface area contributed by atoms with E-state index < -0.39 is 5.41 Å². The second-order valence-electron chi connectivity index (χ2n) is 5.23. The van der Waals surface area contributed by atoms with Gasteiger partial charge in [-0.25, -0.2) is 0 Å². The van der Waals surface area contributed by atoms with Crippen molar-refractivity contribution < 1.29 is 4.79 Å². The molecule has 0 unspecified atom stereocenters. The molecule has 4 heteroatoms. The molecule has 0 aromatic heterocycles. The van der Waals surface area contributed by atoms with Crippen molar-refractivity contribution >= 4 is 23.1 Å². The van der Waals surface area contributed by atoms with Gasteiger partial charge < -0.3 is 10.6 Å². The standard InChI is InChI=1S/C14H18N2OS/c1-14(2,12(15)18)13(17)16-8-7-10-5-3-4-6-11(10)9-16/h3-6H,7-9H2,1-2H3,(H2,15,18). The maximum absolute atomic E-state index is 12.4. The lowest BCUT2D eigenvalue weighted by Gasteiger charge is -2.34. The summed E-state index contributed by atoms with van der Waals surface area (Å²) in [5.41, 5.74) is 7.44. The Bertz CT molecular complexity index is 496. The molecular formula is C14H18N2OS. The van der Waals surface area contributed by atoms with Crippen LogP contribution in [0.2, 0.25) is 0 Å². The Kier molecular flexibility index (Phi) is 3.39. The van der Waals surface area contributed by atoms with Gasteiger partial charge in [-0.2, -0.15) is 0 Å². The zero-order valence-electron chi connectivity index (χ0n) is 10.8. The molecule has 0 fully saturated rings. The van der Waals surface area contributed by atoms with E-state index in [-0.39, 0.29) is 10.9 Å². The fourth-order valence-electron chi connectivity index (χ4n) is 2.17. The summed E-state index contributed by atoms with van der Waals surface area (Å²) in [4.78, 5) is 14.5. The fourth-order valence-corrected chi connectivity index (χ4v) is 2.26. The van der Waals surface area contributed by atoms with E-state index in [9.17, 15) is 4.79 Å². The molecule has 1 amide bonds. The maximum atomic E-state index is 12.4. The van der Waals surface area contributed by atoms with Gasteiger partial charge in [0, 0.05) is 13.1 Å². The molecule has 0 atom stereocenters. The van der Waals surface area contributed by atoms with E-state index in [0.29, 0.717) is 6.54 Å². The Hall–Kier alpha value is -1.42. The predicted octanol–water partition coefficient (Wildman–Crippen LogP) is 1.88. The smallest absolute Gasteiger partial charge is 0.235 e. The molecule has 0 saturated heterocycles. The van der Waals surface area contributed by atoms with Crippen molar-refractivity contribution in [3.8, 4) is 0 Å². The number of thiocarbonyl (C=S) groups is 1. The highest BCUT2D eigenvalue weighted by Crippen LogP contribution is 2.25. The molecule has 2 N–H and O–H groups in total. The first-order valence-electron chi connectivity index (χ1n) is 6.09. The summed E-state index contributed by atoms with van der Waals surface area (Å²) in [6.45, 7) is 4.97. The number of benzene rings is 1. The third-order valence-corrected chi connectivity index (χ3v) is 4.08. The highest BCUT2D eigenvalue weighted by molar-refractivity contribution is 7.80. The van der Waals surface area contributed by atoms with Gasteiger partial charge in [0.25, 0.3) is 0 Å². The average Bonchev–Trinajstić information content (AvgIpc) is 2.37. The van der Waals surface area contributed by atoms with Crippen LogP contribution in [0.5, 0.6) is 0 Å². The topological polar surface area (TPSA) is 46.3 Å². The summed E-state index contributed by atoms with van der Waals surface area (Å²) >= 11 is 4.99. The first kappa shape index (κ1) is 13.0. The van der Waals surface area contributed by atoms with Crippen molar-refractivity contribution in [1.29, 1.82) is 0 Å². The molecule has 0 aliphatic carbocycles. The van der Waals surface area contributed by atoms with Gasteiger partial charge in [0.2, 0.25) is 5.91 Å². The molecule has 1 aliphatic heterocycles. The molecule has 0 saturated carbocycles. The van der Waals surface area contributed by atoms with Crippen molar-refractivity contribution in [2.45, 2.75) is 26.8 Å². The highest BCUT2D eigenvalue weighted by atomic mass is 32.1. The molecule has 1 aliphatic rings. The quantitative estimate of drug-likeness (QED) is 0.828. The Labute approximate surface area is 113 Å². The van der Waals surface area contributed by atoms with E-state index in [1.165, 1.54) is 11.1 Å². The predicted molar refractivity (Wildman–Crippen MR) is 76.1 cm³/mol. The molecule has 1 aromatic rings. The lowest BCUT2D eigenvalue weighted by atomic mass is 9.90. The third-order valence-electron chi connectivity index (χ3n) is 3.57. The number of carbonyl (C=O) groups is 1. The lowest BCUT2D eigenvalue weighted by molar-refractivity contribution is -0.137. The molecule has 1 heterocycles. The average molecular weight is 262 g/mol. The summed E-state index contributed by atoms with van der Waals surface area (Å²) in [5, 5.41) is 0. The van der Waals surface area contributed by atoms with Crippen LogP contribution in [0.3, 0.4) is 0 Å². The maximum Gasteiger partial charge on any atom is 0.235 e. The highest BCUT2D eigenvalue weighted by Gasteiger charge is 2.35. The SMILES string of the molecule is CC(C)(C(=O)N1CCc2ccccc2C1)C(N)=S. The van der Waals surface area contributed by atoms with Crippen molar-refractivity contribution in [2.75, 3.05) is 6.54 Å². The Morgan fingerprint density at radius 3 is 2.56 bits per heavy atom. The van der Waals surface area contributed by atoms with Gasteiger partial charge in [0.05, 0.1) is 10.4 Å². The lowest BCUT2D eigenvalue weighted by Crippen LogP contribution is -2.48. The van der Waals surface area contributed by atoms with Crippen LogP contribution >= 0.6 is 12.2 Å². The van der Waals surface area contributed by atoms with Crippen LogP contribution in [0.15, 0.2) is 24.3 Å². The molecule has 2 rings (SSSR count). The van der Waals surface area contributed by atoms with Crippen LogP contribution in [0.1, 0.15) is 25.0 Å². The molecule has 0 spiro atoms. The first-order valence-corrected chi connectivity index (χ1v) is 6.50. The first-order chi connectivity index (χ1) is 8.43. The van der Waals surface area contributed by atoms with E-state index in [1.807, 2.05) is 17.0 Å². The zero-order valence-corrected chi connectivity index (χ0v) is 11.6. The Morgan fingerprint density at radius 1 is 1.33 bits per heavy atom. The van der Waals surface area contributed by atoms with Gasteiger partial charge in [-0.1, -0.05) is 36.5 Å². The van der Waals surface area contributed by atoms with Gasteiger partial charge in [0.15, 0.2) is 0 Å². The van der Waals surface area contributed by atoms with Crippen molar-refractivity contribution in [3.63, 3.8) is 0 Å². The van der Waals surface area contributed by atoms with E-state index in [1.54, 1.807) is 13.8 Å². The Balaban J connectivity index is 2.19. The van der Waals surface area contributed by atoms with E-state index >= 15 is 0 Å². The number of hydrogen-bond donors (Lipinski definition) is 1. The van der Waals surface area contributed by atoms with Gasteiger partial charge >= 0.3 is 0 Å². The summed E-state index contributed by atoms with van der Waals surface area (Å²) in [7, 11) is 0. The van der Waals surface area contributed by atoms with Crippen LogP contribution in [-0.4, -0.2) is 22.3 Å². The second kappa shape index (κ2) is 4.69. The van der Waals surface area contributed by atoms with Crippen molar-refractivity contribution in [2.24, 2.45) is 11.1 Å². The second-order valence-corrected chi connectivity index (χ2v) is 5.67. The number of carbonyl (C=O) groups excluding carboxylic acids is 1. The number of rotatable bonds is 2. The number of nitrogens with two attached hydrogens (primary N) is 1. The molecule has 0 bridgehead atoms. The van der Waals surface area contributed by atoms with E-state index in [0.717, 1.165) is 13.0 Å². The fraction of sp³-hybridized carbons (Fsp3) is 0.429. The van der Waals surface area contributed by atoms with Crippen molar-refractivity contribution in [3.05, 3.63) is 35.4 Å². The minimum absolute atomic E-state index is 0.0181. The molecule has 1 aromatic carbocycles. The van der Waals surface area contributed by atoms with E-state index in [4.69, 9.17) is 18.0 Å². The normalized spacial score (nSPS) is 15.1. The molecule has 18 heavy (non-hydrogen) atoms. The minimum Gasteiger partial charge on any atom is -0.392 e. The van der Waals surface area contributed by atoms with Crippen LogP contribution in [0.4, 0.5) is 0 Å². The summed E-state index contributed by atoms with van der Waals surface area (Å²) in [6.07, 6.45) is 0.898. The van der Waals surface area contributed by atoms with Gasteiger partial charge in [0.1, 0.15) is 0 Å². The summed E-state index contributed by atoms with van der Waals surface area (Å²) < 4.78 is 0. The summed E-state index contributed by atoms with van der Waals surface area (Å²) in [5.74, 6) is 0.0181. The van der Waals surface area contributed by atoms with Gasteiger partial charge in [-0.05, 0) is 31.4 Å². The number of fused-ring (bicyclic) bond motifs is 1. The number of hydrogen-bond acceptors (Lipinski definition) is 2. The monoisotopic (exact) mass is 262 g/mol. The third kappa shape index (κ3) is 2.25. The van der Waals surface area contributed by atoms with Gasteiger partial charge in [-0.15, -0.1) is 0 Å². The van der Waals surface area contributed by atoms with E-state index in [2.05, 4.69) is 12.1 Å². The van der Waals surface area contributed by atoms with Crippen LogP contribution in [0.25, 0.3) is 0 Å². The van der Waals surface area contributed by atoms with Crippen LogP contribution < -0.4 is 5.73 Å². The minimum atomic E-state index is -0.762.